The highest BCUT2D eigenvalue weighted by atomic mass is 32.2. The summed E-state index contributed by atoms with van der Waals surface area (Å²) < 4.78 is 27.0. The summed E-state index contributed by atoms with van der Waals surface area (Å²) in [6.07, 6.45) is 1.65. The van der Waals surface area contributed by atoms with Gasteiger partial charge in [0.1, 0.15) is 0 Å². The van der Waals surface area contributed by atoms with Crippen molar-refractivity contribution >= 4 is 26.8 Å². The molecule has 1 aromatic heterocycles. The van der Waals surface area contributed by atoms with Gasteiger partial charge in [-0.1, -0.05) is 20.3 Å². The van der Waals surface area contributed by atoms with Gasteiger partial charge in [-0.15, -0.1) is 0 Å². The van der Waals surface area contributed by atoms with Gasteiger partial charge in [0.2, 0.25) is 21.5 Å². The molecule has 1 heterocycles. The molecule has 1 aromatic carbocycles. The van der Waals surface area contributed by atoms with Crippen molar-refractivity contribution in [3.05, 3.63) is 40.2 Å². The Bertz CT molecular complexity index is 919. The molecular weight excluding hydrogens is 330 g/mol. The summed E-state index contributed by atoms with van der Waals surface area (Å²) in [6, 6.07) is 5.36. The van der Waals surface area contributed by atoms with Crippen LogP contribution in [0.4, 0.5) is 0 Å². The zero-order valence-electron chi connectivity index (χ0n) is 13.7. The van der Waals surface area contributed by atoms with E-state index in [1.807, 2.05) is 6.92 Å². The summed E-state index contributed by atoms with van der Waals surface area (Å²) in [4.78, 5) is 25.8. The van der Waals surface area contributed by atoms with Gasteiger partial charge in [0, 0.05) is 30.1 Å². The molecular formula is C16H21N3O4S. The number of sulfonamides is 1. The van der Waals surface area contributed by atoms with Crippen molar-refractivity contribution in [1.29, 1.82) is 0 Å². The number of carbonyl (C=O) groups is 1. The molecule has 0 radical (unpaired) electrons. The van der Waals surface area contributed by atoms with Crippen molar-refractivity contribution in [3.8, 4) is 0 Å². The Morgan fingerprint density at radius 3 is 2.54 bits per heavy atom. The molecule has 130 valence electrons. The molecule has 0 spiro atoms. The van der Waals surface area contributed by atoms with Crippen LogP contribution in [-0.2, 0) is 10.0 Å². The van der Waals surface area contributed by atoms with Gasteiger partial charge in [0.25, 0.3) is 0 Å². The maximum absolute atomic E-state index is 12.8. The molecule has 0 atom stereocenters. The van der Waals surface area contributed by atoms with E-state index in [0.717, 1.165) is 18.9 Å². The van der Waals surface area contributed by atoms with Crippen LogP contribution in [0.2, 0.25) is 0 Å². The zero-order valence-corrected chi connectivity index (χ0v) is 14.5. The van der Waals surface area contributed by atoms with Crippen LogP contribution in [0, 0.1) is 0 Å². The van der Waals surface area contributed by atoms with E-state index in [-0.39, 0.29) is 10.5 Å². The molecule has 0 aliphatic carbocycles. The van der Waals surface area contributed by atoms with Gasteiger partial charge in [0.05, 0.1) is 10.5 Å². The van der Waals surface area contributed by atoms with Crippen molar-refractivity contribution in [2.45, 2.75) is 31.6 Å². The highest BCUT2D eigenvalue weighted by Gasteiger charge is 2.23. The number of amides is 1. The minimum Gasteiger partial charge on any atom is -0.366 e. The predicted octanol–water partition coefficient (Wildman–Crippen LogP) is 1.44. The van der Waals surface area contributed by atoms with Gasteiger partial charge in [-0.05, 0) is 24.6 Å². The Balaban J connectivity index is 2.61. The van der Waals surface area contributed by atoms with Crippen molar-refractivity contribution in [3.63, 3.8) is 0 Å². The molecule has 0 saturated carbocycles. The third-order valence-electron chi connectivity index (χ3n) is 3.83. The van der Waals surface area contributed by atoms with Crippen molar-refractivity contribution in [1.82, 2.24) is 9.29 Å². The molecule has 7 nitrogen and oxygen atoms in total. The second kappa shape index (κ2) is 7.14. The van der Waals surface area contributed by atoms with Crippen LogP contribution in [-0.4, -0.2) is 36.7 Å². The third kappa shape index (κ3) is 3.49. The summed E-state index contributed by atoms with van der Waals surface area (Å²) >= 11 is 0. The number of benzene rings is 1. The lowest BCUT2D eigenvalue weighted by Gasteiger charge is -2.20. The van der Waals surface area contributed by atoms with Crippen molar-refractivity contribution in [2.75, 3.05) is 13.1 Å². The molecule has 0 aliphatic heterocycles. The van der Waals surface area contributed by atoms with E-state index >= 15 is 0 Å². The topological polar surface area (TPSA) is 113 Å². The summed E-state index contributed by atoms with van der Waals surface area (Å²) in [5.74, 6) is -0.779. The molecule has 0 aliphatic rings. The largest absolute Gasteiger partial charge is 0.366 e. The average Bonchev–Trinajstić information content (AvgIpc) is 2.53. The molecule has 3 N–H and O–H groups in total. The summed E-state index contributed by atoms with van der Waals surface area (Å²) in [5.41, 5.74) is 5.21. The number of carbonyl (C=O) groups excluding carboxylic acids is 1. The monoisotopic (exact) mass is 351 g/mol. The second-order valence-electron chi connectivity index (χ2n) is 5.47. The fourth-order valence-electron chi connectivity index (χ4n) is 2.53. The number of hydrogen-bond acceptors (Lipinski definition) is 4. The fourth-order valence-corrected chi connectivity index (χ4v) is 4.04. The molecule has 0 fully saturated rings. The average molecular weight is 351 g/mol. The van der Waals surface area contributed by atoms with Crippen LogP contribution >= 0.6 is 0 Å². The Kier molecular flexibility index (Phi) is 5.40. The van der Waals surface area contributed by atoms with E-state index < -0.39 is 21.5 Å². The molecule has 1 amide bonds. The summed E-state index contributed by atoms with van der Waals surface area (Å²) in [7, 11) is -3.68. The lowest BCUT2D eigenvalue weighted by Crippen LogP contribution is -2.31. The number of unbranched alkanes of at least 4 members (excludes halogenated alkanes) is 1. The molecule has 24 heavy (non-hydrogen) atoms. The van der Waals surface area contributed by atoms with Gasteiger partial charge >= 0.3 is 0 Å². The Labute approximate surface area is 140 Å². The number of pyridine rings is 1. The zero-order chi connectivity index (χ0) is 17.9. The molecule has 0 bridgehead atoms. The second-order valence-corrected chi connectivity index (χ2v) is 7.41. The summed E-state index contributed by atoms with van der Waals surface area (Å²) in [5, 5.41) is 0.315. The van der Waals surface area contributed by atoms with Crippen molar-refractivity contribution < 1.29 is 13.2 Å². The smallest absolute Gasteiger partial charge is 0.249 e. The van der Waals surface area contributed by atoms with Gasteiger partial charge in [-0.2, -0.15) is 4.31 Å². The quantitative estimate of drug-likeness (QED) is 0.785. The lowest BCUT2D eigenvalue weighted by molar-refractivity contribution is 0.100. The molecule has 0 saturated heterocycles. The SMILES string of the molecule is CCCCN(CC)S(=O)(=O)c1ccc2[nH]c(=O)cc(C(N)=O)c2c1. The first-order valence-corrected chi connectivity index (χ1v) is 9.22. The summed E-state index contributed by atoms with van der Waals surface area (Å²) in [6.45, 7) is 4.56. The number of nitrogens with zero attached hydrogens (tertiary/aromatic N) is 1. The normalized spacial score (nSPS) is 12.0. The Hall–Kier alpha value is -2.19. The number of rotatable bonds is 7. The number of primary amides is 1. The number of aromatic amines is 1. The standard InChI is InChI=1S/C16H21N3O4S/c1-3-5-8-19(4-2)24(22,23)11-6-7-14-12(9-11)13(16(17)21)10-15(20)18-14/h6-7,9-10H,3-5,8H2,1-2H3,(H2,17,21)(H,18,20). The van der Waals surface area contributed by atoms with Crippen LogP contribution in [0.5, 0.6) is 0 Å². The van der Waals surface area contributed by atoms with Crippen LogP contribution in [0.15, 0.2) is 34.0 Å². The Morgan fingerprint density at radius 1 is 1.25 bits per heavy atom. The first-order chi connectivity index (χ1) is 11.3. The lowest BCUT2D eigenvalue weighted by atomic mass is 10.1. The number of aromatic nitrogens is 1. The van der Waals surface area contributed by atoms with Gasteiger partial charge in [-0.3, -0.25) is 9.59 Å². The molecule has 2 rings (SSSR count). The highest BCUT2D eigenvalue weighted by Crippen LogP contribution is 2.23. The van der Waals surface area contributed by atoms with Gasteiger partial charge in [-0.25, -0.2) is 8.42 Å². The van der Waals surface area contributed by atoms with Gasteiger partial charge in [0.15, 0.2) is 0 Å². The van der Waals surface area contributed by atoms with Gasteiger partial charge < -0.3 is 10.7 Å². The predicted molar refractivity (Wildman–Crippen MR) is 92.4 cm³/mol. The highest BCUT2D eigenvalue weighted by molar-refractivity contribution is 7.89. The molecule has 8 heteroatoms. The van der Waals surface area contributed by atoms with Crippen LogP contribution in [0.1, 0.15) is 37.0 Å². The van der Waals surface area contributed by atoms with E-state index in [2.05, 4.69) is 4.98 Å². The first-order valence-electron chi connectivity index (χ1n) is 7.78. The van der Waals surface area contributed by atoms with Crippen molar-refractivity contribution in [2.24, 2.45) is 5.73 Å². The number of fused-ring (bicyclic) bond motifs is 1. The minimum atomic E-state index is -3.68. The van der Waals surface area contributed by atoms with E-state index in [1.54, 1.807) is 6.92 Å². The first kappa shape index (κ1) is 18.2. The fraction of sp³-hybridized carbons (Fsp3) is 0.375. The van der Waals surface area contributed by atoms with E-state index in [9.17, 15) is 18.0 Å². The van der Waals surface area contributed by atoms with E-state index in [1.165, 1.54) is 22.5 Å². The van der Waals surface area contributed by atoms with Crippen LogP contribution in [0.25, 0.3) is 10.9 Å². The van der Waals surface area contributed by atoms with E-state index in [4.69, 9.17) is 5.73 Å². The molecule has 2 aromatic rings. The Morgan fingerprint density at radius 2 is 1.96 bits per heavy atom. The number of H-pyrrole nitrogens is 1. The molecule has 0 unspecified atom stereocenters. The number of nitrogens with one attached hydrogen (secondary N) is 1. The maximum atomic E-state index is 12.8. The minimum absolute atomic E-state index is 0.00223. The van der Waals surface area contributed by atoms with Crippen LogP contribution in [0.3, 0.4) is 0 Å². The maximum Gasteiger partial charge on any atom is 0.249 e. The van der Waals surface area contributed by atoms with E-state index in [0.29, 0.717) is 24.0 Å². The van der Waals surface area contributed by atoms with Crippen LogP contribution < -0.4 is 11.3 Å². The number of nitrogens with two attached hydrogens (primary N) is 1. The number of hydrogen-bond donors (Lipinski definition) is 2. The third-order valence-corrected chi connectivity index (χ3v) is 5.80.